The van der Waals surface area contributed by atoms with E-state index in [1.54, 1.807) is 5.51 Å². The van der Waals surface area contributed by atoms with E-state index >= 15 is 0 Å². The number of aromatic nitrogens is 3. The lowest BCUT2D eigenvalue weighted by Crippen LogP contribution is -2.38. The zero-order valence-corrected chi connectivity index (χ0v) is 16.8. The molecule has 0 bridgehead atoms. The fourth-order valence-corrected chi connectivity index (χ4v) is 4.43. The Bertz CT molecular complexity index is 912. The zero-order valence-electron chi connectivity index (χ0n) is 16.0. The van der Waals surface area contributed by atoms with E-state index in [9.17, 15) is 4.79 Å². The second-order valence-electron chi connectivity index (χ2n) is 7.33. The van der Waals surface area contributed by atoms with Crippen molar-refractivity contribution in [3.05, 3.63) is 58.2 Å². The Hall–Kier alpha value is -2.51. The predicted molar refractivity (Wildman–Crippen MR) is 111 cm³/mol. The van der Waals surface area contributed by atoms with Crippen LogP contribution in [0, 0.1) is 12.8 Å². The van der Waals surface area contributed by atoms with Crippen LogP contribution in [0.3, 0.4) is 0 Å². The molecule has 0 unspecified atom stereocenters. The number of hydrogen-bond donors (Lipinski definition) is 2. The summed E-state index contributed by atoms with van der Waals surface area (Å²) in [6.07, 6.45) is 4.13. The van der Waals surface area contributed by atoms with E-state index in [0.29, 0.717) is 5.92 Å². The topological polar surface area (TPSA) is 73.9 Å². The molecule has 28 heavy (non-hydrogen) atoms. The first-order valence-electron chi connectivity index (χ1n) is 9.69. The molecule has 0 radical (unpaired) electrons. The minimum Gasteiger partial charge on any atom is -0.351 e. The molecule has 146 valence electrons. The van der Waals surface area contributed by atoms with E-state index in [1.165, 1.54) is 22.5 Å². The summed E-state index contributed by atoms with van der Waals surface area (Å²) in [5.74, 6) is 0.541. The number of benzene rings is 1. The molecule has 0 spiro atoms. The van der Waals surface area contributed by atoms with Crippen LogP contribution >= 0.6 is 11.3 Å². The first-order valence-corrected chi connectivity index (χ1v) is 10.6. The zero-order chi connectivity index (χ0) is 19.3. The molecule has 3 heterocycles. The molecule has 0 saturated carbocycles. The SMILES string of the molecule is Cc1ncsc1C(=O)NCC1CCN(Cc2cn[nH]c2-c2ccccc2)CC1. The summed E-state index contributed by atoms with van der Waals surface area (Å²) in [5, 5.41) is 10.5. The molecule has 1 aromatic carbocycles. The summed E-state index contributed by atoms with van der Waals surface area (Å²) in [6, 6.07) is 10.3. The first-order chi connectivity index (χ1) is 13.7. The predicted octanol–water partition coefficient (Wildman–Crippen LogP) is 3.48. The van der Waals surface area contributed by atoms with Crippen molar-refractivity contribution in [1.82, 2.24) is 25.4 Å². The largest absolute Gasteiger partial charge is 0.351 e. The molecule has 0 atom stereocenters. The van der Waals surface area contributed by atoms with Crippen LogP contribution in [-0.4, -0.2) is 45.6 Å². The summed E-state index contributed by atoms with van der Waals surface area (Å²) in [5.41, 5.74) is 6.05. The number of H-pyrrole nitrogens is 1. The highest BCUT2D eigenvalue weighted by atomic mass is 32.1. The molecular weight excluding hydrogens is 370 g/mol. The lowest BCUT2D eigenvalue weighted by molar-refractivity contribution is 0.0938. The minimum atomic E-state index is 0.00771. The standard InChI is InChI=1S/C21H25N5OS/c1-15-20(28-14-23-15)21(27)22-11-16-7-9-26(10-8-16)13-18-12-24-25-19(18)17-5-3-2-4-6-17/h2-6,12,14,16H,7-11,13H2,1H3,(H,22,27)(H,24,25). The molecule has 1 aliphatic heterocycles. The second kappa shape index (κ2) is 8.67. The maximum atomic E-state index is 12.3. The van der Waals surface area contributed by atoms with Crippen LogP contribution in [0.4, 0.5) is 0 Å². The number of piperidine rings is 1. The number of carbonyl (C=O) groups excluding carboxylic acids is 1. The van der Waals surface area contributed by atoms with Crippen LogP contribution < -0.4 is 5.32 Å². The maximum Gasteiger partial charge on any atom is 0.263 e. The lowest BCUT2D eigenvalue weighted by Gasteiger charge is -2.32. The number of carbonyl (C=O) groups is 1. The summed E-state index contributed by atoms with van der Waals surface area (Å²) in [4.78, 5) is 19.6. The summed E-state index contributed by atoms with van der Waals surface area (Å²) in [6.45, 7) is 5.60. The Kier molecular flexibility index (Phi) is 5.83. The number of amides is 1. The van der Waals surface area contributed by atoms with Crippen LogP contribution in [0.1, 0.15) is 33.8 Å². The van der Waals surface area contributed by atoms with Gasteiger partial charge in [-0.15, -0.1) is 11.3 Å². The van der Waals surface area contributed by atoms with Gasteiger partial charge in [0.1, 0.15) is 4.88 Å². The van der Waals surface area contributed by atoms with Crippen molar-refractivity contribution >= 4 is 17.2 Å². The maximum absolute atomic E-state index is 12.3. The molecule has 2 N–H and O–H groups in total. The van der Waals surface area contributed by atoms with Gasteiger partial charge >= 0.3 is 0 Å². The fraction of sp³-hybridized carbons (Fsp3) is 0.381. The van der Waals surface area contributed by atoms with Crippen LogP contribution in [0.2, 0.25) is 0 Å². The third-order valence-corrected chi connectivity index (χ3v) is 6.31. The smallest absolute Gasteiger partial charge is 0.263 e. The van der Waals surface area contributed by atoms with Gasteiger partial charge in [-0.05, 0) is 44.3 Å². The highest BCUT2D eigenvalue weighted by Gasteiger charge is 2.22. The van der Waals surface area contributed by atoms with E-state index in [2.05, 4.69) is 37.5 Å². The highest BCUT2D eigenvalue weighted by Crippen LogP contribution is 2.24. The normalized spacial score (nSPS) is 15.6. The monoisotopic (exact) mass is 395 g/mol. The van der Waals surface area contributed by atoms with Crippen LogP contribution in [0.5, 0.6) is 0 Å². The number of aromatic amines is 1. The van der Waals surface area contributed by atoms with E-state index in [0.717, 1.165) is 55.3 Å². The molecule has 6 nitrogen and oxygen atoms in total. The Labute approximate surface area is 169 Å². The third kappa shape index (κ3) is 4.31. The van der Waals surface area contributed by atoms with Gasteiger partial charge < -0.3 is 5.32 Å². The number of hydrogen-bond acceptors (Lipinski definition) is 5. The molecule has 1 aliphatic rings. The van der Waals surface area contributed by atoms with Gasteiger partial charge in [-0.2, -0.15) is 5.10 Å². The second-order valence-corrected chi connectivity index (χ2v) is 8.19. The average Bonchev–Trinajstić information content (AvgIpc) is 3.37. The summed E-state index contributed by atoms with van der Waals surface area (Å²) < 4.78 is 0. The van der Waals surface area contributed by atoms with Gasteiger partial charge in [-0.3, -0.25) is 14.8 Å². The van der Waals surface area contributed by atoms with Gasteiger partial charge in [0.2, 0.25) is 0 Å². The van der Waals surface area contributed by atoms with Crippen LogP contribution in [0.25, 0.3) is 11.3 Å². The van der Waals surface area contributed by atoms with Gasteiger partial charge in [0.25, 0.3) is 5.91 Å². The summed E-state index contributed by atoms with van der Waals surface area (Å²) >= 11 is 1.41. The van der Waals surface area contributed by atoms with Crippen LogP contribution in [0.15, 0.2) is 42.0 Å². The molecule has 4 rings (SSSR count). The number of thiazole rings is 1. The Morgan fingerprint density at radius 1 is 1.29 bits per heavy atom. The number of likely N-dealkylation sites (tertiary alicyclic amines) is 1. The minimum absolute atomic E-state index is 0.00771. The number of rotatable bonds is 6. The Morgan fingerprint density at radius 3 is 2.79 bits per heavy atom. The molecule has 2 aromatic heterocycles. The van der Waals surface area contributed by atoms with Gasteiger partial charge in [0.05, 0.1) is 23.1 Å². The van der Waals surface area contributed by atoms with E-state index in [1.807, 2.05) is 31.3 Å². The van der Waals surface area contributed by atoms with Crippen molar-refractivity contribution in [2.24, 2.45) is 5.92 Å². The quantitative estimate of drug-likeness (QED) is 0.670. The molecule has 1 saturated heterocycles. The van der Waals surface area contributed by atoms with E-state index in [-0.39, 0.29) is 5.91 Å². The van der Waals surface area contributed by atoms with Crippen molar-refractivity contribution in [2.45, 2.75) is 26.3 Å². The van der Waals surface area contributed by atoms with Gasteiger partial charge in [-0.1, -0.05) is 30.3 Å². The third-order valence-electron chi connectivity index (χ3n) is 5.38. The van der Waals surface area contributed by atoms with Crippen molar-refractivity contribution in [3.63, 3.8) is 0 Å². The molecule has 7 heteroatoms. The van der Waals surface area contributed by atoms with E-state index in [4.69, 9.17) is 0 Å². The molecule has 1 amide bonds. The Balaban J connectivity index is 1.27. The molecular formula is C21H25N5OS. The van der Waals surface area contributed by atoms with Crippen LogP contribution in [-0.2, 0) is 6.54 Å². The highest BCUT2D eigenvalue weighted by molar-refractivity contribution is 7.11. The number of nitrogens with one attached hydrogen (secondary N) is 2. The molecule has 0 aliphatic carbocycles. The van der Waals surface area contributed by atoms with Gasteiger partial charge in [-0.25, -0.2) is 4.98 Å². The van der Waals surface area contributed by atoms with Gasteiger partial charge in [0.15, 0.2) is 0 Å². The number of aryl methyl sites for hydroxylation is 1. The number of nitrogens with zero attached hydrogens (tertiary/aromatic N) is 3. The van der Waals surface area contributed by atoms with Crippen molar-refractivity contribution in [3.8, 4) is 11.3 Å². The first kappa shape index (κ1) is 18.8. The lowest BCUT2D eigenvalue weighted by atomic mass is 9.96. The Morgan fingerprint density at radius 2 is 2.07 bits per heavy atom. The fourth-order valence-electron chi connectivity index (χ4n) is 3.71. The van der Waals surface area contributed by atoms with Gasteiger partial charge in [0, 0.05) is 18.7 Å². The van der Waals surface area contributed by atoms with Crippen molar-refractivity contribution < 1.29 is 4.79 Å². The van der Waals surface area contributed by atoms with Crippen molar-refractivity contribution in [2.75, 3.05) is 19.6 Å². The van der Waals surface area contributed by atoms with E-state index < -0.39 is 0 Å². The van der Waals surface area contributed by atoms with Crippen molar-refractivity contribution in [1.29, 1.82) is 0 Å². The molecule has 3 aromatic rings. The molecule has 1 fully saturated rings. The summed E-state index contributed by atoms with van der Waals surface area (Å²) in [7, 11) is 0. The average molecular weight is 396 g/mol.